The largest absolute Gasteiger partial charge is 0.383 e. The lowest BCUT2D eigenvalue weighted by Crippen LogP contribution is -2.13. The van der Waals surface area contributed by atoms with Crippen molar-refractivity contribution in [3.05, 3.63) is 78.3 Å². The smallest absolute Gasteiger partial charge is 0.285 e. The van der Waals surface area contributed by atoms with Crippen LogP contribution in [0.5, 0.6) is 0 Å². The molecule has 2 heterocycles. The molecule has 0 aliphatic rings. The van der Waals surface area contributed by atoms with Gasteiger partial charge in [-0.15, -0.1) is 5.73 Å². The SMILES string of the molecule is C=C=C(C)C(O)c1cn(S(=O)(=O)c2ccccn2)c2ccccc12. The van der Waals surface area contributed by atoms with Gasteiger partial charge in [-0.25, -0.2) is 8.96 Å². The van der Waals surface area contributed by atoms with Crippen LogP contribution < -0.4 is 0 Å². The quantitative estimate of drug-likeness (QED) is 0.741. The molecule has 0 spiro atoms. The van der Waals surface area contributed by atoms with E-state index in [4.69, 9.17) is 0 Å². The minimum atomic E-state index is -3.86. The first kappa shape index (κ1) is 16.2. The Morgan fingerprint density at radius 2 is 1.96 bits per heavy atom. The maximum atomic E-state index is 12.9. The summed E-state index contributed by atoms with van der Waals surface area (Å²) in [5.74, 6) is 0. The Bertz CT molecular complexity index is 1050. The van der Waals surface area contributed by atoms with Crippen LogP contribution in [0.15, 0.2) is 77.8 Å². The molecule has 122 valence electrons. The highest BCUT2D eigenvalue weighted by Gasteiger charge is 2.24. The van der Waals surface area contributed by atoms with E-state index in [-0.39, 0.29) is 5.03 Å². The average molecular weight is 340 g/mol. The van der Waals surface area contributed by atoms with Crippen molar-refractivity contribution in [2.45, 2.75) is 18.1 Å². The summed E-state index contributed by atoms with van der Waals surface area (Å²) in [6.45, 7) is 5.22. The molecule has 1 atom stereocenters. The summed E-state index contributed by atoms with van der Waals surface area (Å²) in [6.07, 6.45) is 1.88. The third kappa shape index (κ3) is 2.57. The van der Waals surface area contributed by atoms with Crippen molar-refractivity contribution in [2.75, 3.05) is 0 Å². The zero-order chi connectivity index (χ0) is 17.3. The Kier molecular flexibility index (Phi) is 4.11. The molecule has 2 aromatic heterocycles. The monoisotopic (exact) mass is 340 g/mol. The predicted molar refractivity (Wildman–Crippen MR) is 92.0 cm³/mol. The number of para-hydroxylation sites is 1. The molecule has 3 aromatic rings. The number of rotatable bonds is 4. The Morgan fingerprint density at radius 1 is 1.25 bits per heavy atom. The van der Waals surface area contributed by atoms with Gasteiger partial charge in [0.2, 0.25) is 0 Å². The molecule has 0 aliphatic heterocycles. The van der Waals surface area contributed by atoms with Crippen LogP contribution in [0.25, 0.3) is 10.9 Å². The Hall–Kier alpha value is -2.66. The maximum Gasteiger partial charge on any atom is 0.285 e. The van der Waals surface area contributed by atoms with E-state index in [1.807, 2.05) is 0 Å². The van der Waals surface area contributed by atoms with Crippen LogP contribution in [0.3, 0.4) is 0 Å². The van der Waals surface area contributed by atoms with Crippen LogP contribution in [0, 0.1) is 0 Å². The molecule has 0 bridgehead atoms. The molecule has 1 aromatic carbocycles. The van der Waals surface area contributed by atoms with Crippen LogP contribution >= 0.6 is 0 Å². The number of aliphatic hydroxyl groups excluding tert-OH is 1. The fraction of sp³-hybridized carbons (Fsp3) is 0.111. The molecule has 0 saturated carbocycles. The third-order valence-electron chi connectivity index (χ3n) is 3.85. The van der Waals surface area contributed by atoms with E-state index in [2.05, 4.69) is 17.3 Å². The second-order valence-corrected chi connectivity index (χ2v) is 7.09. The normalized spacial score (nSPS) is 12.8. The Morgan fingerprint density at radius 3 is 2.62 bits per heavy atom. The summed E-state index contributed by atoms with van der Waals surface area (Å²) in [7, 11) is -3.86. The van der Waals surface area contributed by atoms with Crippen molar-refractivity contribution in [2.24, 2.45) is 0 Å². The van der Waals surface area contributed by atoms with Gasteiger partial charge < -0.3 is 5.11 Å². The summed E-state index contributed by atoms with van der Waals surface area (Å²) in [5, 5.41) is 11.1. The molecule has 0 aliphatic carbocycles. The van der Waals surface area contributed by atoms with Crippen LogP contribution in [-0.4, -0.2) is 22.5 Å². The van der Waals surface area contributed by atoms with E-state index in [9.17, 15) is 13.5 Å². The first-order valence-corrected chi connectivity index (χ1v) is 8.72. The van der Waals surface area contributed by atoms with Gasteiger partial charge in [0.15, 0.2) is 5.03 Å². The number of hydrogen-bond acceptors (Lipinski definition) is 4. The Labute approximate surface area is 140 Å². The van der Waals surface area contributed by atoms with Gasteiger partial charge in [0.1, 0.15) is 6.10 Å². The second kappa shape index (κ2) is 6.09. The summed E-state index contributed by atoms with van der Waals surface area (Å²) in [6, 6.07) is 11.7. The van der Waals surface area contributed by atoms with Gasteiger partial charge >= 0.3 is 0 Å². The highest BCUT2D eigenvalue weighted by Crippen LogP contribution is 2.32. The zero-order valence-electron chi connectivity index (χ0n) is 13.0. The maximum absolute atomic E-state index is 12.9. The van der Waals surface area contributed by atoms with Gasteiger partial charge in [-0.05, 0) is 25.1 Å². The number of nitrogens with zero attached hydrogens (tertiary/aromatic N) is 2. The molecular formula is C18H16N2O3S. The molecule has 1 unspecified atom stereocenters. The second-order valence-electron chi connectivity index (χ2n) is 5.33. The highest BCUT2D eigenvalue weighted by molar-refractivity contribution is 7.90. The topological polar surface area (TPSA) is 72.2 Å². The molecule has 0 saturated heterocycles. The molecule has 3 rings (SSSR count). The van der Waals surface area contributed by atoms with Crippen molar-refractivity contribution in [3.63, 3.8) is 0 Å². The van der Waals surface area contributed by atoms with Crippen LogP contribution in [0.2, 0.25) is 0 Å². The zero-order valence-corrected chi connectivity index (χ0v) is 13.9. The third-order valence-corrected chi connectivity index (χ3v) is 5.44. The number of pyridine rings is 1. The minimum Gasteiger partial charge on any atom is -0.383 e. The van der Waals surface area contributed by atoms with Gasteiger partial charge in [-0.3, -0.25) is 0 Å². The van der Waals surface area contributed by atoms with E-state index in [1.54, 1.807) is 43.3 Å². The van der Waals surface area contributed by atoms with E-state index in [1.165, 1.54) is 18.5 Å². The van der Waals surface area contributed by atoms with E-state index in [0.29, 0.717) is 22.0 Å². The average Bonchev–Trinajstić information content (AvgIpc) is 3.01. The number of aromatic nitrogens is 2. The lowest BCUT2D eigenvalue weighted by Gasteiger charge is -2.08. The molecule has 24 heavy (non-hydrogen) atoms. The molecule has 1 N–H and O–H groups in total. The first-order valence-electron chi connectivity index (χ1n) is 7.28. The molecule has 0 radical (unpaired) electrons. The van der Waals surface area contributed by atoms with Crippen molar-refractivity contribution in [1.82, 2.24) is 8.96 Å². The van der Waals surface area contributed by atoms with Crippen molar-refractivity contribution >= 4 is 20.9 Å². The van der Waals surface area contributed by atoms with Crippen molar-refractivity contribution in [1.29, 1.82) is 0 Å². The van der Waals surface area contributed by atoms with Crippen LogP contribution in [0.1, 0.15) is 18.6 Å². The van der Waals surface area contributed by atoms with Gasteiger partial charge in [-0.1, -0.05) is 30.8 Å². The van der Waals surface area contributed by atoms with Crippen molar-refractivity contribution in [3.8, 4) is 0 Å². The van der Waals surface area contributed by atoms with Crippen LogP contribution in [-0.2, 0) is 10.0 Å². The summed E-state index contributed by atoms with van der Waals surface area (Å²) >= 11 is 0. The molecule has 6 heteroatoms. The van der Waals surface area contributed by atoms with Gasteiger partial charge in [0, 0.05) is 28.9 Å². The number of fused-ring (bicyclic) bond motifs is 1. The fourth-order valence-corrected chi connectivity index (χ4v) is 3.84. The summed E-state index contributed by atoms with van der Waals surface area (Å²) in [5.41, 5.74) is 4.14. The van der Waals surface area contributed by atoms with E-state index >= 15 is 0 Å². The molecule has 0 amide bonds. The number of benzene rings is 1. The molecular weight excluding hydrogens is 324 g/mol. The Balaban J connectivity index is 2.29. The standard InChI is InChI=1S/C18H16N2O3S/c1-3-13(2)18(21)15-12-20(16-9-5-4-8-14(15)16)24(22,23)17-10-6-7-11-19-17/h4-12,18,21H,1H2,2H3. The van der Waals surface area contributed by atoms with Crippen LogP contribution in [0.4, 0.5) is 0 Å². The minimum absolute atomic E-state index is 0.0530. The first-order chi connectivity index (χ1) is 11.5. The lowest BCUT2D eigenvalue weighted by atomic mass is 10.0. The van der Waals surface area contributed by atoms with E-state index < -0.39 is 16.1 Å². The highest BCUT2D eigenvalue weighted by atomic mass is 32.2. The van der Waals surface area contributed by atoms with Gasteiger partial charge in [0.25, 0.3) is 10.0 Å². The predicted octanol–water partition coefficient (Wildman–Crippen LogP) is 3.04. The van der Waals surface area contributed by atoms with Gasteiger partial charge in [0.05, 0.1) is 5.52 Å². The number of aliphatic hydroxyl groups is 1. The van der Waals surface area contributed by atoms with Gasteiger partial charge in [-0.2, -0.15) is 8.42 Å². The lowest BCUT2D eigenvalue weighted by molar-refractivity contribution is 0.217. The fourth-order valence-electron chi connectivity index (χ4n) is 2.52. The summed E-state index contributed by atoms with van der Waals surface area (Å²) < 4.78 is 27.0. The summed E-state index contributed by atoms with van der Waals surface area (Å²) in [4.78, 5) is 3.94. The number of hydrogen-bond donors (Lipinski definition) is 1. The van der Waals surface area contributed by atoms with E-state index in [0.717, 1.165) is 3.97 Å². The molecule has 0 fully saturated rings. The van der Waals surface area contributed by atoms with Crippen molar-refractivity contribution < 1.29 is 13.5 Å². The molecule has 5 nitrogen and oxygen atoms in total.